The summed E-state index contributed by atoms with van der Waals surface area (Å²) < 4.78 is 0.998. The molecule has 0 saturated heterocycles. The van der Waals surface area contributed by atoms with Gasteiger partial charge >= 0.3 is 0 Å². The summed E-state index contributed by atoms with van der Waals surface area (Å²) in [7, 11) is 1.70. The average Bonchev–Trinajstić information content (AvgIpc) is 2.40. The zero-order valence-electron chi connectivity index (χ0n) is 10.4. The molecule has 98 valence electrons. The van der Waals surface area contributed by atoms with Crippen molar-refractivity contribution in [3.8, 4) is 0 Å². The quantitative estimate of drug-likeness (QED) is 0.944. The summed E-state index contributed by atoms with van der Waals surface area (Å²) in [5, 5.41) is 0. The maximum absolute atomic E-state index is 12.1. The number of aromatic nitrogens is 1. The third-order valence-electron chi connectivity index (χ3n) is 2.68. The van der Waals surface area contributed by atoms with Gasteiger partial charge in [-0.05, 0) is 23.8 Å². The fraction of sp³-hybridized carbons (Fsp3) is 0.143. The van der Waals surface area contributed by atoms with E-state index in [1.807, 2.05) is 24.3 Å². The Kier molecular flexibility index (Phi) is 4.16. The summed E-state index contributed by atoms with van der Waals surface area (Å²) in [6, 6.07) is 12.3. The van der Waals surface area contributed by atoms with Crippen molar-refractivity contribution in [3.05, 3.63) is 68.5 Å². The molecule has 1 amide bonds. The normalized spacial score (nSPS) is 10.2. The molecule has 0 radical (unpaired) electrons. The van der Waals surface area contributed by atoms with Gasteiger partial charge < -0.3 is 9.88 Å². The lowest BCUT2D eigenvalue weighted by Gasteiger charge is -2.17. The van der Waals surface area contributed by atoms with Gasteiger partial charge in [-0.1, -0.05) is 34.1 Å². The number of nitrogens with one attached hydrogen (secondary N) is 1. The number of amides is 1. The highest BCUT2D eigenvalue weighted by molar-refractivity contribution is 9.10. The summed E-state index contributed by atoms with van der Waals surface area (Å²) in [6.45, 7) is 0.489. The van der Waals surface area contributed by atoms with Crippen LogP contribution in [0.1, 0.15) is 16.1 Å². The molecular formula is C14H13BrN2O2. The summed E-state index contributed by atoms with van der Waals surface area (Å²) in [6.07, 6.45) is 0. The molecule has 19 heavy (non-hydrogen) atoms. The zero-order valence-corrected chi connectivity index (χ0v) is 12.0. The van der Waals surface area contributed by atoms with Crippen LogP contribution in [-0.4, -0.2) is 22.8 Å². The first-order valence-electron chi connectivity index (χ1n) is 5.75. The van der Waals surface area contributed by atoms with E-state index in [1.54, 1.807) is 24.1 Å². The number of carbonyl (C=O) groups is 1. The van der Waals surface area contributed by atoms with Gasteiger partial charge in [-0.3, -0.25) is 9.59 Å². The molecule has 0 spiro atoms. The zero-order chi connectivity index (χ0) is 13.8. The van der Waals surface area contributed by atoms with Crippen LogP contribution in [0.5, 0.6) is 0 Å². The van der Waals surface area contributed by atoms with Crippen LogP contribution in [0.25, 0.3) is 0 Å². The third-order valence-corrected chi connectivity index (χ3v) is 3.21. The molecule has 1 aromatic heterocycles. The molecule has 0 atom stereocenters. The fourth-order valence-electron chi connectivity index (χ4n) is 1.71. The van der Waals surface area contributed by atoms with Gasteiger partial charge in [0.2, 0.25) is 5.56 Å². The molecule has 0 aliphatic heterocycles. The summed E-state index contributed by atoms with van der Waals surface area (Å²) in [5.41, 5.74) is 1.05. The van der Waals surface area contributed by atoms with Crippen molar-refractivity contribution in [1.29, 1.82) is 0 Å². The lowest BCUT2D eigenvalue weighted by Crippen LogP contribution is -2.28. The second-order valence-electron chi connectivity index (χ2n) is 4.22. The van der Waals surface area contributed by atoms with Gasteiger partial charge in [0.15, 0.2) is 0 Å². The molecular weight excluding hydrogens is 308 g/mol. The van der Waals surface area contributed by atoms with Crippen LogP contribution >= 0.6 is 15.9 Å². The molecule has 5 heteroatoms. The minimum Gasteiger partial charge on any atom is -0.336 e. The Morgan fingerprint density at radius 1 is 1.21 bits per heavy atom. The Morgan fingerprint density at radius 2 is 1.89 bits per heavy atom. The summed E-state index contributed by atoms with van der Waals surface area (Å²) in [5.74, 6) is -0.208. The average molecular weight is 321 g/mol. The summed E-state index contributed by atoms with van der Waals surface area (Å²) >= 11 is 3.37. The first-order chi connectivity index (χ1) is 9.06. The van der Waals surface area contributed by atoms with Crippen molar-refractivity contribution in [2.75, 3.05) is 7.05 Å². The minimum atomic E-state index is -0.275. The minimum absolute atomic E-state index is 0.208. The highest BCUT2D eigenvalue weighted by Crippen LogP contribution is 2.12. The smallest absolute Gasteiger partial charge is 0.270 e. The van der Waals surface area contributed by atoms with E-state index in [4.69, 9.17) is 0 Å². The Balaban J connectivity index is 2.11. The van der Waals surface area contributed by atoms with Crippen LogP contribution in [0.3, 0.4) is 0 Å². The van der Waals surface area contributed by atoms with Gasteiger partial charge in [-0.25, -0.2) is 0 Å². The molecule has 1 aromatic carbocycles. The number of benzene rings is 1. The van der Waals surface area contributed by atoms with Crippen LogP contribution in [0.15, 0.2) is 51.7 Å². The van der Waals surface area contributed by atoms with E-state index in [-0.39, 0.29) is 11.5 Å². The van der Waals surface area contributed by atoms with Gasteiger partial charge in [0.25, 0.3) is 5.91 Å². The largest absolute Gasteiger partial charge is 0.336 e. The van der Waals surface area contributed by atoms with Gasteiger partial charge in [0.05, 0.1) is 0 Å². The number of nitrogens with zero attached hydrogens (tertiary/aromatic N) is 1. The van der Waals surface area contributed by atoms with Crippen LogP contribution in [0.2, 0.25) is 0 Å². The van der Waals surface area contributed by atoms with Crippen molar-refractivity contribution >= 4 is 21.8 Å². The lowest BCUT2D eigenvalue weighted by molar-refractivity contribution is 0.0779. The monoisotopic (exact) mass is 320 g/mol. The number of halogens is 1. The molecule has 4 nitrogen and oxygen atoms in total. The number of rotatable bonds is 3. The first-order valence-corrected chi connectivity index (χ1v) is 6.55. The summed E-state index contributed by atoms with van der Waals surface area (Å²) in [4.78, 5) is 27.4. The van der Waals surface area contributed by atoms with E-state index in [1.165, 1.54) is 6.07 Å². The van der Waals surface area contributed by atoms with Gasteiger partial charge in [-0.15, -0.1) is 0 Å². The van der Waals surface area contributed by atoms with E-state index in [9.17, 15) is 9.59 Å². The van der Waals surface area contributed by atoms with Crippen molar-refractivity contribution in [2.45, 2.75) is 6.54 Å². The topological polar surface area (TPSA) is 53.2 Å². The van der Waals surface area contributed by atoms with E-state index in [0.717, 1.165) is 10.0 Å². The van der Waals surface area contributed by atoms with Crippen LogP contribution in [0.4, 0.5) is 0 Å². The number of hydrogen-bond donors (Lipinski definition) is 1. The van der Waals surface area contributed by atoms with Crippen LogP contribution in [0, 0.1) is 0 Å². The third kappa shape index (κ3) is 3.54. The standard InChI is InChI=1S/C14H13BrN2O2/c1-17(9-10-5-7-11(15)8-6-10)14(19)12-3-2-4-13(18)16-12/h2-8H,9H2,1H3,(H,16,18). The predicted molar refractivity (Wildman–Crippen MR) is 77.0 cm³/mol. The van der Waals surface area contributed by atoms with E-state index < -0.39 is 0 Å². The Morgan fingerprint density at radius 3 is 2.53 bits per heavy atom. The molecule has 2 aromatic rings. The highest BCUT2D eigenvalue weighted by Gasteiger charge is 2.12. The molecule has 0 fully saturated rings. The molecule has 2 rings (SSSR count). The maximum Gasteiger partial charge on any atom is 0.270 e. The van der Waals surface area contributed by atoms with E-state index in [0.29, 0.717) is 12.2 Å². The van der Waals surface area contributed by atoms with Crippen molar-refractivity contribution in [2.24, 2.45) is 0 Å². The Bertz CT molecular complexity index is 634. The lowest BCUT2D eigenvalue weighted by atomic mass is 10.2. The second kappa shape index (κ2) is 5.84. The number of aromatic amines is 1. The number of hydrogen-bond acceptors (Lipinski definition) is 2. The molecule has 0 bridgehead atoms. The van der Waals surface area contributed by atoms with Crippen LogP contribution in [-0.2, 0) is 6.54 Å². The molecule has 1 heterocycles. The van der Waals surface area contributed by atoms with Crippen molar-refractivity contribution < 1.29 is 4.79 Å². The predicted octanol–water partition coefficient (Wildman–Crippen LogP) is 2.41. The fourth-order valence-corrected chi connectivity index (χ4v) is 1.98. The Hall–Kier alpha value is -1.88. The Labute approximate surface area is 119 Å². The molecule has 0 unspecified atom stereocenters. The molecule has 1 N–H and O–H groups in total. The first kappa shape index (κ1) is 13.5. The second-order valence-corrected chi connectivity index (χ2v) is 5.13. The van der Waals surface area contributed by atoms with E-state index >= 15 is 0 Å². The SMILES string of the molecule is CN(Cc1ccc(Br)cc1)C(=O)c1cccc(=O)[nH]1. The molecule has 0 saturated carbocycles. The van der Waals surface area contributed by atoms with Gasteiger partial charge in [0.1, 0.15) is 5.69 Å². The molecule has 0 aliphatic rings. The van der Waals surface area contributed by atoms with E-state index in [2.05, 4.69) is 20.9 Å². The van der Waals surface area contributed by atoms with Crippen LogP contribution < -0.4 is 5.56 Å². The van der Waals surface area contributed by atoms with Gasteiger partial charge in [0, 0.05) is 24.1 Å². The maximum atomic E-state index is 12.1. The number of pyridine rings is 1. The highest BCUT2D eigenvalue weighted by atomic mass is 79.9. The van der Waals surface area contributed by atoms with Crippen molar-refractivity contribution in [1.82, 2.24) is 9.88 Å². The van der Waals surface area contributed by atoms with Gasteiger partial charge in [-0.2, -0.15) is 0 Å². The molecule has 0 aliphatic carbocycles. The van der Waals surface area contributed by atoms with Crippen molar-refractivity contribution in [3.63, 3.8) is 0 Å². The number of carbonyl (C=O) groups excluding carboxylic acids is 1. The number of H-pyrrole nitrogens is 1.